The number of anilines is 2. The van der Waals surface area contributed by atoms with Gasteiger partial charge in [0.05, 0.1) is 18.3 Å². The van der Waals surface area contributed by atoms with Gasteiger partial charge in [0.2, 0.25) is 11.8 Å². The van der Waals surface area contributed by atoms with Crippen LogP contribution in [0, 0.1) is 0 Å². The number of hydrogen-bond acceptors (Lipinski definition) is 7. The molecule has 2 aromatic heterocycles. The number of fused-ring (bicyclic) bond motifs is 1. The maximum absolute atomic E-state index is 12.6. The van der Waals surface area contributed by atoms with Crippen LogP contribution >= 0.6 is 11.3 Å². The molecule has 32 heavy (non-hydrogen) atoms. The molecule has 1 aliphatic heterocycles. The molecule has 3 heterocycles. The van der Waals surface area contributed by atoms with Crippen molar-refractivity contribution >= 4 is 40.0 Å². The van der Waals surface area contributed by atoms with Crippen LogP contribution in [0.2, 0.25) is 0 Å². The third kappa shape index (κ3) is 4.92. The van der Waals surface area contributed by atoms with E-state index in [2.05, 4.69) is 25.9 Å². The average molecular weight is 452 g/mol. The van der Waals surface area contributed by atoms with Gasteiger partial charge in [0.25, 0.3) is 5.91 Å². The first-order chi connectivity index (χ1) is 15.4. The van der Waals surface area contributed by atoms with Gasteiger partial charge in [-0.2, -0.15) is 0 Å². The zero-order valence-corrected chi connectivity index (χ0v) is 18.3. The van der Waals surface area contributed by atoms with Gasteiger partial charge < -0.3 is 15.4 Å². The van der Waals surface area contributed by atoms with Gasteiger partial charge in [-0.3, -0.25) is 19.7 Å². The molecule has 0 radical (unpaired) electrons. The summed E-state index contributed by atoms with van der Waals surface area (Å²) in [4.78, 5) is 43.9. The Morgan fingerprint density at radius 1 is 1.09 bits per heavy atom. The number of benzene rings is 1. The number of rotatable bonds is 5. The van der Waals surface area contributed by atoms with Crippen LogP contribution in [-0.4, -0.2) is 34.3 Å². The van der Waals surface area contributed by atoms with Crippen molar-refractivity contribution in [3.63, 3.8) is 0 Å². The number of carbonyl (C=O) groups is 3. The van der Waals surface area contributed by atoms with Crippen LogP contribution in [0.5, 0.6) is 5.75 Å². The molecule has 1 atom stereocenters. The normalized spacial score (nSPS) is 14.6. The largest absolute Gasteiger partial charge is 0.493 e. The summed E-state index contributed by atoms with van der Waals surface area (Å²) in [5.74, 6) is 0.329. The number of carbonyl (C=O) groups excluding carboxylic acids is 3. The number of aromatic nitrogens is 2. The number of thiazole rings is 1. The van der Waals surface area contributed by atoms with Gasteiger partial charge in [0, 0.05) is 48.5 Å². The molecule has 4 rings (SSSR count). The Morgan fingerprint density at radius 3 is 2.72 bits per heavy atom. The molecule has 0 saturated carbocycles. The molecule has 0 fully saturated rings. The third-order valence-electron chi connectivity index (χ3n) is 4.77. The predicted molar refractivity (Wildman–Crippen MR) is 121 cm³/mol. The van der Waals surface area contributed by atoms with Crippen LogP contribution in [0.1, 0.15) is 42.2 Å². The lowest BCUT2D eigenvalue weighted by molar-refractivity contribution is -0.120. The second-order valence-corrected chi connectivity index (χ2v) is 8.10. The van der Waals surface area contributed by atoms with Gasteiger partial charge in [-0.1, -0.05) is 0 Å². The van der Waals surface area contributed by atoms with Crippen LogP contribution in [0.15, 0.2) is 41.9 Å². The van der Waals surface area contributed by atoms with Crippen molar-refractivity contribution in [2.24, 2.45) is 0 Å². The van der Waals surface area contributed by atoms with Crippen LogP contribution in [0.3, 0.4) is 0 Å². The molecule has 0 spiro atoms. The van der Waals surface area contributed by atoms with E-state index in [0.717, 1.165) is 16.9 Å². The van der Waals surface area contributed by atoms with E-state index >= 15 is 0 Å². The maximum atomic E-state index is 12.6. The van der Waals surface area contributed by atoms with Crippen molar-refractivity contribution in [1.82, 2.24) is 15.3 Å². The minimum atomic E-state index is -0.357. The number of nitrogens with zero attached hydrogens (tertiary/aromatic N) is 2. The Morgan fingerprint density at radius 2 is 1.94 bits per heavy atom. The van der Waals surface area contributed by atoms with Crippen LogP contribution in [0.4, 0.5) is 10.9 Å². The van der Waals surface area contributed by atoms with Gasteiger partial charge in [0.1, 0.15) is 11.6 Å². The summed E-state index contributed by atoms with van der Waals surface area (Å²) < 4.78 is 5.71. The Kier molecular flexibility index (Phi) is 6.13. The zero-order valence-electron chi connectivity index (χ0n) is 17.5. The first-order valence-electron chi connectivity index (χ1n) is 9.94. The predicted octanol–water partition coefficient (Wildman–Crippen LogP) is 3.38. The molecule has 3 aromatic rings. The Bertz CT molecular complexity index is 1190. The first kappa shape index (κ1) is 21.4. The molecule has 10 heteroatoms. The van der Waals surface area contributed by atoms with Crippen molar-refractivity contribution in [2.45, 2.75) is 26.3 Å². The van der Waals surface area contributed by atoms with Gasteiger partial charge in [0.15, 0.2) is 5.13 Å². The quantitative estimate of drug-likeness (QED) is 0.547. The lowest BCUT2D eigenvalue weighted by atomic mass is 9.97. The molecular weight excluding hydrogens is 430 g/mol. The van der Waals surface area contributed by atoms with Gasteiger partial charge in [-0.05, 0) is 30.3 Å². The number of ether oxygens (including phenoxy) is 1. The van der Waals surface area contributed by atoms with Crippen molar-refractivity contribution in [1.29, 1.82) is 0 Å². The standard InChI is InChI=1S/C22H21N5O4S/c1-12(28)24-17-6-8-31-19-4-3-14(9-16(17)19)18-11-32-22(26-18)27-21(30)15-5-7-23-20(10-15)25-13(2)29/h3-5,7,9-11,17H,6,8H2,1-2H3,(H,24,28)(H,23,25,29)(H,26,27,30). The summed E-state index contributed by atoms with van der Waals surface area (Å²) in [5.41, 5.74) is 2.82. The van der Waals surface area contributed by atoms with Gasteiger partial charge >= 0.3 is 0 Å². The molecule has 1 unspecified atom stereocenters. The van der Waals surface area contributed by atoms with E-state index in [1.165, 1.54) is 37.4 Å². The number of nitrogens with one attached hydrogen (secondary N) is 3. The number of hydrogen-bond donors (Lipinski definition) is 3. The SMILES string of the molecule is CC(=O)Nc1cc(C(=O)Nc2nc(-c3ccc4c(c3)C(NC(C)=O)CCO4)cs2)ccn1. The maximum Gasteiger partial charge on any atom is 0.257 e. The highest BCUT2D eigenvalue weighted by Crippen LogP contribution is 2.36. The monoisotopic (exact) mass is 451 g/mol. The van der Waals surface area contributed by atoms with E-state index < -0.39 is 0 Å². The molecule has 0 saturated heterocycles. The summed E-state index contributed by atoms with van der Waals surface area (Å²) in [7, 11) is 0. The van der Waals surface area contributed by atoms with Gasteiger partial charge in [-0.15, -0.1) is 11.3 Å². The molecule has 1 aliphatic rings. The van der Waals surface area contributed by atoms with Crippen LogP contribution in [0.25, 0.3) is 11.3 Å². The zero-order chi connectivity index (χ0) is 22.7. The molecule has 164 valence electrons. The molecule has 1 aromatic carbocycles. The summed E-state index contributed by atoms with van der Waals surface area (Å²) in [5, 5.41) is 10.6. The number of pyridine rings is 1. The minimum Gasteiger partial charge on any atom is -0.493 e. The summed E-state index contributed by atoms with van der Waals surface area (Å²) in [6.07, 6.45) is 2.15. The van der Waals surface area contributed by atoms with Crippen molar-refractivity contribution in [2.75, 3.05) is 17.2 Å². The van der Waals surface area contributed by atoms with Crippen molar-refractivity contribution in [3.8, 4) is 17.0 Å². The van der Waals surface area contributed by atoms with Crippen LogP contribution in [-0.2, 0) is 9.59 Å². The fourth-order valence-electron chi connectivity index (χ4n) is 3.40. The van der Waals surface area contributed by atoms with E-state index in [1.807, 2.05) is 23.6 Å². The molecule has 0 bridgehead atoms. The Hall–Kier alpha value is -3.79. The van der Waals surface area contributed by atoms with E-state index in [4.69, 9.17) is 4.74 Å². The van der Waals surface area contributed by atoms with Crippen LogP contribution < -0.4 is 20.7 Å². The Balaban J connectivity index is 1.51. The van der Waals surface area contributed by atoms with E-state index in [9.17, 15) is 14.4 Å². The Labute approximate surface area is 188 Å². The third-order valence-corrected chi connectivity index (χ3v) is 5.53. The highest BCUT2D eigenvalue weighted by Gasteiger charge is 2.23. The van der Waals surface area contributed by atoms with Crippen molar-refractivity contribution < 1.29 is 19.1 Å². The molecule has 9 nitrogen and oxygen atoms in total. The molecule has 0 aliphatic carbocycles. The number of amides is 3. The smallest absolute Gasteiger partial charge is 0.257 e. The highest BCUT2D eigenvalue weighted by atomic mass is 32.1. The first-order valence-corrected chi connectivity index (χ1v) is 10.8. The molecule has 3 N–H and O–H groups in total. The second-order valence-electron chi connectivity index (χ2n) is 7.25. The highest BCUT2D eigenvalue weighted by molar-refractivity contribution is 7.14. The summed E-state index contributed by atoms with van der Waals surface area (Å²) >= 11 is 1.30. The molecule has 3 amide bonds. The summed E-state index contributed by atoms with van der Waals surface area (Å²) in [6.45, 7) is 3.41. The average Bonchev–Trinajstić information content (AvgIpc) is 3.21. The van der Waals surface area contributed by atoms with E-state index in [-0.39, 0.29) is 23.8 Å². The lowest BCUT2D eigenvalue weighted by Gasteiger charge is -2.26. The second kappa shape index (κ2) is 9.15. The van der Waals surface area contributed by atoms with E-state index in [0.29, 0.717) is 35.2 Å². The van der Waals surface area contributed by atoms with Gasteiger partial charge in [-0.25, -0.2) is 9.97 Å². The fraction of sp³-hybridized carbons (Fsp3) is 0.227. The van der Waals surface area contributed by atoms with E-state index in [1.54, 1.807) is 6.07 Å². The fourth-order valence-corrected chi connectivity index (χ4v) is 4.12. The van der Waals surface area contributed by atoms with Crippen molar-refractivity contribution in [3.05, 3.63) is 53.0 Å². The summed E-state index contributed by atoms with van der Waals surface area (Å²) in [6, 6.07) is 8.67. The molecular formula is C22H21N5O4S. The topological polar surface area (TPSA) is 122 Å². The minimum absolute atomic E-state index is 0.0929. The lowest BCUT2D eigenvalue weighted by Crippen LogP contribution is -2.30.